The van der Waals surface area contributed by atoms with Crippen LogP contribution in [-0.4, -0.2) is 233 Å². The molecule has 4 aliphatic rings. The molecule has 24 heteroatoms. The van der Waals surface area contributed by atoms with E-state index < -0.39 is 161 Å². The summed E-state index contributed by atoms with van der Waals surface area (Å²) in [6.07, 6.45) is -31.3. The van der Waals surface area contributed by atoms with Crippen molar-refractivity contribution in [2.45, 2.75) is 143 Å². The molecule has 4 fully saturated rings. The van der Waals surface area contributed by atoms with Gasteiger partial charge in [-0.25, -0.2) is 0 Å². The normalized spacial score (nSPS) is 46.1. The maximum atomic E-state index is 11.6. The minimum absolute atomic E-state index is 0.0468. The Kier molecular flexibility index (Phi) is 17.5. The zero-order chi connectivity index (χ0) is 39.9. The molecule has 0 saturated carbocycles. The lowest BCUT2D eigenvalue weighted by atomic mass is 9.97. The number of carbonyl (C=O) groups is 2. The van der Waals surface area contributed by atoms with Crippen LogP contribution in [0.5, 0.6) is 0 Å². The number of aliphatic hydroxyl groups excluding tert-OH is 14. The number of esters is 2. The van der Waals surface area contributed by atoms with E-state index in [2.05, 4.69) is 0 Å². The number of aliphatic hydroxyl groups is 14. The first-order valence-corrected chi connectivity index (χ1v) is 16.5. The summed E-state index contributed by atoms with van der Waals surface area (Å²) < 4.78 is 41.4. The highest BCUT2D eigenvalue weighted by Crippen LogP contribution is 2.32. The second-order valence-electron chi connectivity index (χ2n) is 12.5. The zero-order valence-corrected chi connectivity index (χ0v) is 28.4. The van der Waals surface area contributed by atoms with Gasteiger partial charge in [-0.1, -0.05) is 6.92 Å². The molecule has 0 unspecified atom stereocenters. The Bertz CT molecular complexity index is 1130. The van der Waals surface area contributed by atoms with E-state index >= 15 is 0 Å². The lowest BCUT2D eigenvalue weighted by Gasteiger charge is -2.46. The summed E-state index contributed by atoms with van der Waals surface area (Å²) in [6, 6.07) is 0. The fourth-order valence-electron chi connectivity index (χ4n) is 5.79. The van der Waals surface area contributed by atoms with Crippen molar-refractivity contribution >= 4 is 11.9 Å². The number of ether oxygens (including phenoxy) is 8. The quantitative estimate of drug-likeness (QED) is 0.0865. The highest BCUT2D eigenvalue weighted by molar-refractivity contribution is 5.69. The van der Waals surface area contributed by atoms with Crippen LogP contribution >= 0.6 is 0 Å². The molecule has 0 spiro atoms. The van der Waals surface area contributed by atoms with E-state index in [1.54, 1.807) is 0 Å². The molecule has 0 aliphatic carbocycles. The van der Waals surface area contributed by atoms with Crippen molar-refractivity contribution in [2.24, 2.45) is 0 Å². The smallest absolute Gasteiger partial charge is 0.306 e. The number of hydrogen-bond donors (Lipinski definition) is 14. The van der Waals surface area contributed by atoms with Crippen LogP contribution < -0.4 is 0 Å². The van der Waals surface area contributed by atoms with Gasteiger partial charge in [0.05, 0.1) is 26.4 Å². The Morgan fingerprint density at radius 2 is 0.811 bits per heavy atom. The summed E-state index contributed by atoms with van der Waals surface area (Å²) >= 11 is 0. The molecule has 53 heavy (non-hydrogen) atoms. The van der Waals surface area contributed by atoms with E-state index in [9.17, 15) is 81.1 Å². The van der Waals surface area contributed by atoms with Crippen LogP contribution in [0.4, 0.5) is 0 Å². The molecular weight excluding hydrogens is 732 g/mol. The van der Waals surface area contributed by atoms with E-state index in [0.29, 0.717) is 0 Å². The molecule has 4 rings (SSSR count). The van der Waals surface area contributed by atoms with Gasteiger partial charge in [0, 0.05) is 13.3 Å². The molecule has 0 aromatic rings. The highest BCUT2D eigenvalue weighted by atomic mass is 16.8. The van der Waals surface area contributed by atoms with E-state index in [4.69, 9.17) is 37.9 Å². The first-order valence-electron chi connectivity index (χ1n) is 16.5. The molecule has 4 heterocycles. The van der Waals surface area contributed by atoms with Gasteiger partial charge in [-0.05, 0) is 0 Å². The number of hydrogen-bond acceptors (Lipinski definition) is 24. The third-order valence-corrected chi connectivity index (χ3v) is 8.77. The molecule has 4 aliphatic heterocycles. The summed E-state index contributed by atoms with van der Waals surface area (Å²) in [5.41, 5.74) is 0. The molecule has 310 valence electrons. The van der Waals surface area contributed by atoms with Gasteiger partial charge in [0.2, 0.25) is 0 Å². The molecule has 0 aromatic heterocycles. The van der Waals surface area contributed by atoms with Crippen molar-refractivity contribution in [3.63, 3.8) is 0 Å². The molecule has 0 radical (unpaired) electrons. The van der Waals surface area contributed by atoms with Crippen molar-refractivity contribution in [1.82, 2.24) is 0 Å². The summed E-state index contributed by atoms with van der Waals surface area (Å²) in [6.45, 7) is -0.249. The Labute approximate surface area is 300 Å². The van der Waals surface area contributed by atoms with Crippen LogP contribution in [-0.2, 0) is 47.5 Å². The van der Waals surface area contributed by atoms with E-state index in [1.165, 1.54) is 6.92 Å². The fraction of sp³-hybridized carbons (Fsp3) is 0.931. The Hall–Kier alpha value is -1.86. The second kappa shape index (κ2) is 20.3. The highest BCUT2D eigenvalue weighted by Gasteiger charge is 2.53. The van der Waals surface area contributed by atoms with Crippen molar-refractivity contribution in [1.29, 1.82) is 0 Å². The third kappa shape index (κ3) is 10.7. The van der Waals surface area contributed by atoms with Crippen LogP contribution in [0.3, 0.4) is 0 Å². The van der Waals surface area contributed by atoms with Gasteiger partial charge in [0.25, 0.3) is 0 Å². The lowest BCUT2D eigenvalue weighted by molar-refractivity contribution is -0.355. The summed E-state index contributed by atoms with van der Waals surface area (Å²) in [4.78, 5) is 22.9. The molecule has 0 aromatic carbocycles. The summed E-state index contributed by atoms with van der Waals surface area (Å²) in [7, 11) is 0. The SMILES string of the molecule is CC(=O)O[C@H]1[C@H](O[C@H]2[C@H](O)[C@@H](O)[C@H](O)O[C@@H]2CO)O[C@H](CO)[C@H](O)[C@@H]1O.CCC(=O)O[C@H]1[C@H](O[C@H]2[C@H](O)[C@@H](O)[C@H](O)O[C@@H]2CO)O[C@H](CO)[C@H](O)[C@@H]1O. The van der Waals surface area contributed by atoms with Crippen molar-refractivity contribution in [3.05, 3.63) is 0 Å². The van der Waals surface area contributed by atoms with Gasteiger partial charge in [-0.2, -0.15) is 0 Å². The standard InChI is InChI=1S/C15H26O12.C14H24O12/c1-2-7(18)26-13-9(20)8(19)5(3-16)25-15(13)27-12-6(4-17)24-14(23)11(22)10(12)21;1-4(17)23-12-8(19)7(18)5(2-15)25-14(12)26-11-6(3-16)24-13(22)10(21)9(11)20/h5-6,8-17,19-23H,2-4H2,1H3;5-16,18-22H,2-3H2,1H3/t5-,6-,8+,9+,10-,11-,12-,13-,14-,15+;5-,6-,7+,8+,9-,10-,11-,12-,13-,14+/m11/s1. The maximum Gasteiger partial charge on any atom is 0.306 e. The van der Waals surface area contributed by atoms with Crippen molar-refractivity contribution in [3.8, 4) is 0 Å². The Morgan fingerprint density at radius 3 is 1.13 bits per heavy atom. The predicted octanol–water partition coefficient (Wildman–Crippen LogP) is -9.26. The van der Waals surface area contributed by atoms with Crippen LogP contribution in [0.25, 0.3) is 0 Å². The number of carbonyl (C=O) groups excluding carboxylic acids is 2. The van der Waals surface area contributed by atoms with Crippen LogP contribution in [0.15, 0.2) is 0 Å². The molecule has 24 nitrogen and oxygen atoms in total. The maximum absolute atomic E-state index is 11.6. The largest absolute Gasteiger partial charge is 0.454 e. The van der Waals surface area contributed by atoms with E-state index in [-0.39, 0.29) is 6.42 Å². The predicted molar refractivity (Wildman–Crippen MR) is 161 cm³/mol. The number of rotatable bonds is 11. The van der Waals surface area contributed by atoms with E-state index in [1.807, 2.05) is 0 Å². The Morgan fingerprint density at radius 1 is 0.472 bits per heavy atom. The van der Waals surface area contributed by atoms with Gasteiger partial charge < -0.3 is 109 Å². The minimum Gasteiger partial charge on any atom is -0.454 e. The average molecular weight is 783 g/mol. The van der Waals surface area contributed by atoms with Crippen molar-refractivity contribution < 1.29 is 119 Å². The first kappa shape index (κ1) is 45.5. The van der Waals surface area contributed by atoms with Gasteiger partial charge >= 0.3 is 11.9 Å². The zero-order valence-electron chi connectivity index (χ0n) is 28.4. The average Bonchev–Trinajstić information content (AvgIpc) is 3.13. The molecule has 0 amide bonds. The topological polar surface area (TPSA) is 391 Å². The Balaban J connectivity index is 0.000000286. The molecule has 0 bridgehead atoms. The first-order chi connectivity index (χ1) is 24.9. The van der Waals surface area contributed by atoms with Gasteiger partial charge in [-0.15, -0.1) is 0 Å². The monoisotopic (exact) mass is 782 g/mol. The third-order valence-electron chi connectivity index (χ3n) is 8.77. The molecule has 4 saturated heterocycles. The van der Waals surface area contributed by atoms with Crippen molar-refractivity contribution in [2.75, 3.05) is 26.4 Å². The summed E-state index contributed by atoms with van der Waals surface area (Å²) in [5.74, 6) is -1.56. The fourth-order valence-corrected chi connectivity index (χ4v) is 5.79. The summed E-state index contributed by atoms with van der Waals surface area (Å²) in [5, 5.41) is 136. The molecular formula is C29H50O24. The lowest BCUT2D eigenvalue weighted by Crippen LogP contribution is -2.65. The second-order valence-corrected chi connectivity index (χ2v) is 12.5. The van der Waals surface area contributed by atoms with Gasteiger partial charge in [0.1, 0.15) is 85.5 Å². The molecule has 20 atom stereocenters. The van der Waals surface area contributed by atoms with Gasteiger partial charge in [0.15, 0.2) is 37.4 Å². The van der Waals surface area contributed by atoms with Crippen LogP contribution in [0.2, 0.25) is 0 Å². The van der Waals surface area contributed by atoms with Gasteiger partial charge in [-0.3, -0.25) is 9.59 Å². The van der Waals surface area contributed by atoms with E-state index in [0.717, 1.165) is 6.92 Å². The minimum atomic E-state index is -1.77. The molecule has 14 N–H and O–H groups in total. The van der Waals surface area contributed by atoms with Crippen LogP contribution in [0.1, 0.15) is 20.3 Å². The van der Waals surface area contributed by atoms with Crippen LogP contribution in [0, 0.1) is 0 Å².